The van der Waals surface area contributed by atoms with Crippen LogP contribution in [0.3, 0.4) is 0 Å². The first-order valence-corrected chi connectivity index (χ1v) is 4.71. The first-order valence-electron chi connectivity index (χ1n) is 4.71. The third-order valence-electron chi connectivity index (χ3n) is 2.02. The van der Waals surface area contributed by atoms with Crippen molar-refractivity contribution in [1.29, 1.82) is 0 Å². The van der Waals surface area contributed by atoms with Gasteiger partial charge in [-0.15, -0.1) is 0 Å². The number of aromatic nitrogens is 3. The zero-order valence-corrected chi connectivity index (χ0v) is 8.44. The lowest BCUT2D eigenvalue weighted by Gasteiger charge is -1.98. The van der Waals surface area contributed by atoms with Crippen LogP contribution in [0.1, 0.15) is 18.2 Å². The summed E-state index contributed by atoms with van der Waals surface area (Å²) in [7, 11) is 0. The summed E-state index contributed by atoms with van der Waals surface area (Å²) in [5.74, 6) is 0. The highest BCUT2D eigenvalue weighted by atomic mass is 15.2. The van der Waals surface area contributed by atoms with Crippen molar-refractivity contribution in [1.82, 2.24) is 14.6 Å². The van der Waals surface area contributed by atoms with E-state index >= 15 is 0 Å². The Labute approximate surface area is 82.8 Å². The summed E-state index contributed by atoms with van der Waals surface area (Å²) in [4.78, 5) is 4.27. The largest absolute Gasteiger partial charge is 0.328 e. The molecule has 2 aromatic heterocycles. The summed E-state index contributed by atoms with van der Waals surface area (Å²) in [5, 5.41) is 4.39. The van der Waals surface area contributed by atoms with E-state index in [4.69, 9.17) is 5.73 Å². The van der Waals surface area contributed by atoms with Crippen molar-refractivity contribution in [2.75, 3.05) is 0 Å². The molecule has 0 saturated carbocycles. The Morgan fingerprint density at radius 3 is 3.07 bits per heavy atom. The molecule has 0 radical (unpaired) electrons. The number of nitrogens with two attached hydrogens (primary N) is 1. The fourth-order valence-electron chi connectivity index (χ4n) is 1.45. The third kappa shape index (κ3) is 1.75. The van der Waals surface area contributed by atoms with Crippen LogP contribution in [0.5, 0.6) is 0 Å². The number of hydrogen-bond acceptors (Lipinski definition) is 3. The number of aryl methyl sites for hydroxylation is 1. The smallest absolute Gasteiger partial charge is 0.155 e. The molecule has 0 amide bonds. The van der Waals surface area contributed by atoms with Gasteiger partial charge in [-0.25, -0.2) is 9.50 Å². The van der Waals surface area contributed by atoms with Gasteiger partial charge in [0.25, 0.3) is 0 Å². The minimum absolute atomic E-state index is 0.140. The molecule has 0 aromatic carbocycles. The molecule has 0 aliphatic heterocycles. The third-order valence-corrected chi connectivity index (χ3v) is 2.02. The average Bonchev–Trinajstić information content (AvgIpc) is 2.44. The van der Waals surface area contributed by atoms with Crippen molar-refractivity contribution in [3.8, 4) is 0 Å². The van der Waals surface area contributed by atoms with Crippen LogP contribution in [0.2, 0.25) is 0 Å². The molecule has 4 nitrogen and oxygen atoms in total. The second-order valence-electron chi connectivity index (χ2n) is 3.75. The molecule has 2 N–H and O–H groups in total. The van der Waals surface area contributed by atoms with Crippen molar-refractivity contribution in [2.45, 2.75) is 26.3 Å². The van der Waals surface area contributed by atoms with Gasteiger partial charge in [-0.2, -0.15) is 5.10 Å². The van der Waals surface area contributed by atoms with Gasteiger partial charge in [0.05, 0.1) is 5.69 Å². The van der Waals surface area contributed by atoms with E-state index in [-0.39, 0.29) is 6.04 Å². The molecule has 74 valence electrons. The fourth-order valence-corrected chi connectivity index (χ4v) is 1.45. The molecule has 2 aromatic rings. The number of hydrogen-bond donors (Lipinski definition) is 1. The van der Waals surface area contributed by atoms with E-state index in [0.717, 1.165) is 23.3 Å². The molecule has 0 fully saturated rings. The Morgan fingerprint density at radius 1 is 1.57 bits per heavy atom. The topological polar surface area (TPSA) is 56.2 Å². The van der Waals surface area contributed by atoms with Gasteiger partial charge < -0.3 is 5.73 Å². The van der Waals surface area contributed by atoms with Gasteiger partial charge in [-0.1, -0.05) is 0 Å². The van der Waals surface area contributed by atoms with Crippen molar-refractivity contribution in [3.05, 3.63) is 29.7 Å². The van der Waals surface area contributed by atoms with Gasteiger partial charge in [0.2, 0.25) is 0 Å². The highest BCUT2D eigenvalue weighted by molar-refractivity contribution is 5.39. The van der Waals surface area contributed by atoms with E-state index < -0.39 is 0 Å². The summed E-state index contributed by atoms with van der Waals surface area (Å²) >= 11 is 0. The molecular formula is C10H14N4. The van der Waals surface area contributed by atoms with Crippen LogP contribution in [0.4, 0.5) is 0 Å². The van der Waals surface area contributed by atoms with Crippen LogP contribution in [0.15, 0.2) is 18.5 Å². The summed E-state index contributed by atoms with van der Waals surface area (Å²) in [6.45, 7) is 3.97. The number of fused-ring (bicyclic) bond motifs is 1. The van der Waals surface area contributed by atoms with E-state index in [1.54, 1.807) is 4.52 Å². The first kappa shape index (κ1) is 9.15. The van der Waals surface area contributed by atoms with Crippen LogP contribution in [0.25, 0.3) is 5.65 Å². The lowest BCUT2D eigenvalue weighted by Crippen LogP contribution is -2.17. The molecule has 0 saturated heterocycles. The minimum Gasteiger partial charge on any atom is -0.328 e. The Bertz CT molecular complexity index is 444. The summed E-state index contributed by atoms with van der Waals surface area (Å²) in [6.07, 6.45) is 4.60. The van der Waals surface area contributed by atoms with E-state index in [9.17, 15) is 0 Å². The molecule has 2 rings (SSSR count). The Morgan fingerprint density at radius 2 is 2.36 bits per heavy atom. The molecule has 1 atom stereocenters. The van der Waals surface area contributed by atoms with E-state index in [2.05, 4.69) is 10.1 Å². The van der Waals surface area contributed by atoms with Crippen molar-refractivity contribution < 1.29 is 0 Å². The molecule has 0 bridgehead atoms. The van der Waals surface area contributed by atoms with Crippen LogP contribution >= 0.6 is 0 Å². The highest BCUT2D eigenvalue weighted by Gasteiger charge is 2.04. The molecule has 1 unspecified atom stereocenters. The second-order valence-corrected chi connectivity index (χ2v) is 3.75. The van der Waals surface area contributed by atoms with E-state index in [0.29, 0.717) is 0 Å². The molecule has 0 spiro atoms. The lowest BCUT2D eigenvalue weighted by molar-refractivity contribution is 0.712. The van der Waals surface area contributed by atoms with Crippen molar-refractivity contribution >= 4 is 5.65 Å². The monoisotopic (exact) mass is 190 g/mol. The van der Waals surface area contributed by atoms with Crippen LogP contribution in [-0.4, -0.2) is 20.6 Å². The summed E-state index contributed by atoms with van der Waals surface area (Å²) in [5.41, 5.74) is 8.69. The quantitative estimate of drug-likeness (QED) is 0.766. The lowest BCUT2D eigenvalue weighted by atomic mass is 10.2. The van der Waals surface area contributed by atoms with Gasteiger partial charge in [-0.3, -0.25) is 0 Å². The van der Waals surface area contributed by atoms with E-state index in [1.807, 2.05) is 32.3 Å². The highest BCUT2D eigenvalue weighted by Crippen LogP contribution is 2.06. The molecule has 2 heterocycles. The number of rotatable bonds is 2. The summed E-state index contributed by atoms with van der Waals surface area (Å²) < 4.78 is 1.80. The van der Waals surface area contributed by atoms with Crippen molar-refractivity contribution in [2.24, 2.45) is 5.73 Å². The molecule has 0 aliphatic rings. The SMILES string of the molecule is Cc1cnc2cc(CC(C)N)nn2c1. The maximum atomic E-state index is 5.71. The average molecular weight is 190 g/mol. The van der Waals surface area contributed by atoms with Crippen molar-refractivity contribution in [3.63, 3.8) is 0 Å². The second kappa shape index (κ2) is 3.38. The zero-order valence-electron chi connectivity index (χ0n) is 8.44. The van der Waals surface area contributed by atoms with Gasteiger partial charge >= 0.3 is 0 Å². The minimum atomic E-state index is 0.140. The van der Waals surface area contributed by atoms with Crippen LogP contribution < -0.4 is 5.73 Å². The predicted octanol–water partition coefficient (Wildman–Crippen LogP) is 0.927. The normalized spacial score (nSPS) is 13.4. The maximum Gasteiger partial charge on any atom is 0.155 e. The van der Waals surface area contributed by atoms with Gasteiger partial charge in [0.1, 0.15) is 0 Å². The molecule has 4 heteroatoms. The Balaban J connectivity index is 2.41. The van der Waals surface area contributed by atoms with Gasteiger partial charge in [-0.05, 0) is 19.4 Å². The van der Waals surface area contributed by atoms with E-state index in [1.165, 1.54) is 0 Å². The van der Waals surface area contributed by atoms with Gasteiger partial charge in [0, 0.05) is 30.9 Å². The standard InChI is InChI=1S/C10H14N4/c1-7-5-12-10-4-9(3-8(2)11)13-14(10)6-7/h4-6,8H,3,11H2,1-2H3. The summed E-state index contributed by atoms with van der Waals surface area (Å²) in [6, 6.07) is 2.11. The number of nitrogens with zero attached hydrogens (tertiary/aromatic N) is 3. The first-order chi connectivity index (χ1) is 6.65. The fraction of sp³-hybridized carbons (Fsp3) is 0.400. The van der Waals surface area contributed by atoms with Gasteiger partial charge in [0.15, 0.2) is 5.65 Å². The predicted molar refractivity (Wildman–Crippen MR) is 55.1 cm³/mol. The van der Waals surface area contributed by atoms with Crippen LogP contribution in [-0.2, 0) is 6.42 Å². The maximum absolute atomic E-state index is 5.71. The molecular weight excluding hydrogens is 176 g/mol. The Hall–Kier alpha value is -1.42. The molecule has 14 heavy (non-hydrogen) atoms. The van der Waals surface area contributed by atoms with Crippen LogP contribution in [0, 0.1) is 6.92 Å². The Kier molecular flexibility index (Phi) is 2.21. The zero-order chi connectivity index (χ0) is 10.1. The molecule has 0 aliphatic carbocycles.